The zero-order valence-corrected chi connectivity index (χ0v) is 6.98. The Bertz CT molecular complexity index is 307. The van der Waals surface area contributed by atoms with E-state index in [-0.39, 0.29) is 0 Å². The maximum atomic E-state index is 12.3. The molecule has 0 heterocycles. The third-order valence-electron chi connectivity index (χ3n) is 0.893. The SMILES string of the molecule is C=[C+]C(=O)OCC(F)(F)S(=O)(=O)O. The number of carbonyl (C=O) groups excluding carboxylic acids is 1. The van der Waals surface area contributed by atoms with Gasteiger partial charge >= 0.3 is 27.4 Å². The van der Waals surface area contributed by atoms with Gasteiger partial charge < -0.3 is 4.74 Å². The monoisotopic (exact) mass is 215 g/mol. The van der Waals surface area contributed by atoms with Crippen LogP contribution in [0.15, 0.2) is 6.58 Å². The summed E-state index contributed by atoms with van der Waals surface area (Å²) in [6.07, 6.45) is 1.57. The maximum absolute atomic E-state index is 12.3. The van der Waals surface area contributed by atoms with Crippen molar-refractivity contribution < 1.29 is 31.3 Å². The lowest BCUT2D eigenvalue weighted by molar-refractivity contribution is -0.144. The molecule has 0 spiro atoms. The normalized spacial score (nSPS) is 11.9. The summed E-state index contributed by atoms with van der Waals surface area (Å²) >= 11 is 0. The molecule has 0 radical (unpaired) electrons. The van der Waals surface area contributed by atoms with Gasteiger partial charge in [-0.2, -0.15) is 22.0 Å². The van der Waals surface area contributed by atoms with E-state index in [1.807, 2.05) is 0 Å². The van der Waals surface area contributed by atoms with Crippen LogP contribution in [0.4, 0.5) is 8.78 Å². The molecule has 0 aliphatic carbocycles. The Kier molecular flexibility index (Phi) is 3.42. The first-order valence-corrected chi connectivity index (χ1v) is 4.19. The first-order chi connectivity index (χ1) is 5.70. The molecule has 0 bridgehead atoms. The minimum atomic E-state index is -5.56. The van der Waals surface area contributed by atoms with Crippen LogP contribution in [0.5, 0.6) is 0 Å². The van der Waals surface area contributed by atoms with Crippen molar-refractivity contribution in [1.29, 1.82) is 0 Å². The molecule has 0 fully saturated rings. The van der Waals surface area contributed by atoms with Gasteiger partial charge in [0.05, 0.1) is 0 Å². The molecular formula is C5H5F2O5S+. The van der Waals surface area contributed by atoms with Gasteiger partial charge in [0, 0.05) is 0 Å². The van der Waals surface area contributed by atoms with E-state index < -0.39 is 27.9 Å². The van der Waals surface area contributed by atoms with E-state index in [1.54, 1.807) is 6.08 Å². The van der Waals surface area contributed by atoms with Gasteiger partial charge in [-0.15, -0.1) is 0 Å². The van der Waals surface area contributed by atoms with Crippen molar-refractivity contribution in [3.05, 3.63) is 12.7 Å². The highest BCUT2D eigenvalue weighted by atomic mass is 32.2. The second kappa shape index (κ2) is 3.73. The highest BCUT2D eigenvalue weighted by Crippen LogP contribution is 2.20. The van der Waals surface area contributed by atoms with Gasteiger partial charge in [-0.05, 0) is 0 Å². The topological polar surface area (TPSA) is 80.7 Å². The average Bonchev–Trinajstić information content (AvgIpc) is 1.98. The number of rotatable bonds is 4. The number of esters is 1. The summed E-state index contributed by atoms with van der Waals surface area (Å²) in [5.41, 5.74) is 0. The molecule has 0 saturated carbocycles. The molecule has 0 aromatic rings. The van der Waals surface area contributed by atoms with E-state index in [4.69, 9.17) is 4.55 Å². The summed E-state index contributed by atoms with van der Waals surface area (Å²) in [6.45, 7) is 0.996. The third kappa shape index (κ3) is 3.41. The lowest BCUT2D eigenvalue weighted by Gasteiger charge is -2.09. The number of alkyl halides is 2. The number of hydrogen-bond donors (Lipinski definition) is 1. The zero-order chi connectivity index (χ0) is 10.7. The average molecular weight is 215 g/mol. The Morgan fingerprint density at radius 1 is 1.62 bits per heavy atom. The molecule has 5 nitrogen and oxygen atoms in total. The minimum Gasteiger partial charge on any atom is -0.414 e. The van der Waals surface area contributed by atoms with Crippen LogP contribution in [0.3, 0.4) is 0 Å². The molecule has 0 rings (SSSR count). The second-order valence-electron chi connectivity index (χ2n) is 1.87. The predicted octanol–water partition coefficient (Wildman–Crippen LogP) is -0.000610. The number of hydrogen-bond acceptors (Lipinski definition) is 4. The molecule has 0 amide bonds. The van der Waals surface area contributed by atoms with Gasteiger partial charge in [0.25, 0.3) is 0 Å². The third-order valence-corrected chi connectivity index (χ3v) is 1.77. The van der Waals surface area contributed by atoms with Crippen molar-refractivity contribution in [1.82, 2.24) is 0 Å². The second-order valence-corrected chi connectivity index (χ2v) is 3.41. The van der Waals surface area contributed by atoms with Crippen molar-refractivity contribution >= 4 is 16.1 Å². The number of carbonyl (C=O) groups is 1. The molecule has 8 heteroatoms. The number of ether oxygens (including phenoxy) is 1. The first-order valence-electron chi connectivity index (χ1n) is 2.75. The summed E-state index contributed by atoms with van der Waals surface area (Å²) in [5.74, 6) is -1.33. The van der Waals surface area contributed by atoms with E-state index in [2.05, 4.69) is 11.3 Å². The summed E-state index contributed by atoms with van der Waals surface area (Å²) < 4.78 is 56.0. The van der Waals surface area contributed by atoms with Crippen molar-refractivity contribution in [3.8, 4) is 0 Å². The van der Waals surface area contributed by atoms with Crippen LogP contribution < -0.4 is 0 Å². The smallest absolute Gasteiger partial charge is 0.414 e. The molecule has 0 aliphatic heterocycles. The minimum absolute atomic E-state index is 1.33. The van der Waals surface area contributed by atoms with E-state index in [1.165, 1.54) is 0 Å². The molecule has 0 aliphatic rings. The molecule has 0 aromatic carbocycles. The zero-order valence-electron chi connectivity index (χ0n) is 6.16. The van der Waals surface area contributed by atoms with Crippen LogP contribution in [-0.2, 0) is 19.6 Å². The Balaban J connectivity index is 4.37. The van der Waals surface area contributed by atoms with E-state index in [0.717, 1.165) is 0 Å². The van der Waals surface area contributed by atoms with E-state index in [9.17, 15) is 22.0 Å². The van der Waals surface area contributed by atoms with Crippen molar-refractivity contribution in [2.24, 2.45) is 0 Å². The quantitative estimate of drug-likeness (QED) is 0.309. The van der Waals surface area contributed by atoms with Gasteiger partial charge in [0.15, 0.2) is 13.2 Å². The van der Waals surface area contributed by atoms with Crippen LogP contribution in [-0.4, -0.2) is 30.8 Å². The molecule has 0 atom stereocenters. The molecule has 1 N–H and O–H groups in total. The lowest BCUT2D eigenvalue weighted by Crippen LogP contribution is -2.34. The molecule has 0 unspecified atom stereocenters. The fourth-order valence-corrected chi connectivity index (χ4v) is 0.483. The Morgan fingerprint density at radius 3 is 2.38 bits per heavy atom. The number of halogens is 2. The van der Waals surface area contributed by atoms with Gasteiger partial charge in [0.1, 0.15) is 0 Å². The van der Waals surface area contributed by atoms with Crippen LogP contribution in [0.2, 0.25) is 0 Å². The van der Waals surface area contributed by atoms with Crippen LogP contribution in [0.25, 0.3) is 0 Å². The molecule has 74 valence electrons. The first kappa shape index (κ1) is 11.9. The highest BCUT2D eigenvalue weighted by Gasteiger charge is 2.46. The Morgan fingerprint density at radius 2 is 2.08 bits per heavy atom. The fraction of sp³-hybridized carbons (Fsp3) is 0.400. The van der Waals surface area contributed by atoms with Crippen molar-refractivity contribution in [2.45, 2.75) is 5.25 Å². The van der Waals surface area contributed by atoms with Gasteiger partial charge in [-0.1, -0.05) is 0 Å². The van der Waals surface area contributed by atoms with E-state index >= 15 is 0 Å². The van der Waals surface area contributed by atoms with Crippen LogP contribution in [0.1, 0.15) is 0 Å². The Hall–Kier alpha value is -1.11. The summed E-state index contributed by atoms with van der Waals surface area (Å²) in [5, 5.41) is -4.51. The van der Waals surface area contributed by atoms with E-state index in [0.29, 0.717) is 0 Å². The summed E-state index contributed by atoms with van der Waals surface area (Å²) in [4.78, 5) is 10.2. The van der Waals surface area contributed by atoms with Gasteiger partial charge in [-0.3, -0.25) is 4.55 Å². The van der Waals surface area contributed by atoms with Crippen molar-refractivity contribution in [3.63, 3.8) is 0 Å². The van der Waals surface area contributed by atoms with Crippen LogP contribution in [0, 0.1) is 6.08 Å². The summed E-state index contributed by atoms with van der Waals surface area (Å²) in [6, 6.07) is 0. The Labute approximate surface area is 72.7 Å². The van der Waals surface area contributed by atoms with Crippen molar-refractivity contribution in [2.75, 3.05) is 6.61 Å². The molecule has 0 saturated heterocycles. The standard InChI is InChI=1S/C5H4F2O5S/c1-2-4(8)12-3-5(6,7)13(9,10)11/h1,3H2/p+1. The van der Waals surface area contributed by atoms with Gasteiger partial charge in [-0.25, -0.2) is 0 Å². The van der Waals surface area contributed by atoms with Crippen LogP contribution >= 0.6 is 0 Å². The predicted molar refractivity (Wildman–Crippen MR) is 36.3 cm³/mol. The molecular weight excluding hydrogens is 210 g/mol. The molecule has 0 aromatic heterocycles. The molecule has 13 heavy (non-hydrogen) atoms. The highest BCUT2D eigenvalue weighted by molar-refractivity contribution is 7.86. The maximum Gasteiger partial charge on any atom is 0.588 e. The summed E-state index contributed by atoms with van der Waals surface area (Å²) in [7, 11) is -5.56. The lowest BCUT2D eigenvalue weighted by atomic mass is 10.6. The largest absolute Gasteiger partial charge is 0.588 e. The fourth-order valence-electron chi connectivity index (χ4n) is 0.275. The van der Waals surface area contributed by atoms with Gasteiger partial charge in [0.2, 0.25) is 0 Å².